The van der Waals surface area contributed by atoms with Crippen LogP contribution >= 0.6 is 0 Å². The molecular weight excluding hydrogens is 420 g/mol. The minimum absolute atomic E-state index is 0.0385. The van der Waals surface area contributed by atoms with Crippen molar-refractivity contribution in [1.29, 1.82) is 0 Å². The van der Waals surface area contributed by atoms with Crippen LogP contribution in [0.1, 0.15) is 6.92 Å². The van der Waals surface area contributed by atoms with Gasteiger partial charge in [0.1, 0.15) is 0 Å². The molecule has 0 saturated carbocycles. The number of aryl methyl sites for hydroxylation is 1. The first-order chi connectivity index (χ1) is 15.5. The quantitative estimate of drug-likeness (QED) is 0.398. The minimum Gasteiger partial charge on any atom is -0.354 e. The van der Waals surface area contributed by atoms with Crippen molar-refractivity contribution >= 4 is 43.1 Å². The second-order valence-electron chi connectivity index (χ2n) is 7.67. The standard InChI is InChI=1S/C25H22N4O2S/c1-3-32(30,31)24-7-5-4-6-21(24)28-19-15-20(25-22(16-19)26-11-12-27-25)18-9-8-17-10-13-29(2)23(17)14-18/h4-16,28H,3H2,1-2H3. The van der Waals surface area contributed by atoms with Crippen molar-refractivity contribution in [3.63, 3.8) is 0 Å². The highest BCUT2D eigenvalue weighted by molar-refractivity contribution is 7.91. The van der Waals surface area contributed by atoms with Gasteiger partial charge < -0.3 is 9.88 Å². The largest absolute Gasteiger partial charge is 0.354 e. The van der Waals surface area contributed by atoms with Gasteiger partial charge in [-0.1, -0.05) is 31.2 Å². The average molecular weight is 443 g/mol. The molecule has 0 saturated heterocycles. The van der Waals surface area contributed by atoms with Crippen molar-refractivity contribution in [2.75, 3.05) is 11.1 Å². The smallest absolute Gasteiger partial charge is 0.180 e. The summed E-state index contributed by atoms with van der Waals surface area (Å²) in [5, 5.41) is 4.47. The van der Waals surface area contributed by atoms with Gasteiger partial charge in [0.15, 0.2) is 9.84 Å². The first-order valence-corrected chi connectivity index (χ1v) is 12.0. The third kappa shape index (κ3) is 3.50. The highest BCUT2D eigenvalue weighted by Gasteiger charge is 2.17. The molecule has 1 N–H and O–H groups in total. The number of fused-ring (bicyclic) bond motifs is 2. The van der Waals surface area contributed by atoms with Gasteiger partial charge in [-0.25, -0.2) is 8.42 Å². The molecule has 0 fully saturated rings. The fourth-order valence-electron chi connectivity index (χ4n) is 3.95. The van der Waals surface area contributed by atoms with Crippen molar-refractivity contribution in [3.05, 3.63) is 79.3 Å². The zero-order valence-electron chi connectivity index (χ0n) is 17.8. The molecule has 0 spiro atoms. The number of anilines is 2. The molecule has 0 aliphatic carbocycles. The van der Waals surface area contributed by atoms with Crippen LogP contribution in [0.15, 0.2) is 84.1 Å². The minimum atomic E-state index is -3.37. The van der Waals surface area contributed by atoms with Crippen LogP contribution in [-0.4, -0.2) is 28.7 Å². The van der Waals surface area contributed by atoms with Gasteiger partial charge in [0, 0.05) is 42.4 Å². The summed E-state index contributed by atoms with van der Waals surface area (Å²) in [6, 6.07) is 19.2. The van der Waals surface area contributed by atoms with Gasteiger partial charge in [-0.05, 0) is 47.3 Å². The van der Waals surface area contributed by atoms with E-state index >= 15 is 0 Å². The predicted molar refractivity (Wildman–Crippen MR) is 129 cm³/mol. The Labute approximate surface area is 186 Å². The number of hydrogen-bond acceptors (Lipinski definition) is 5. The topological polar surface area (TPSA) is 76.9 Å². The Morgan fingerprint density at radius 3 is 2.62 bits per heavy atom. The van der Waals surface area contributed by atoms with Gasteiger partial charge in [-0.2, -0.15) is 0 Å². The summed E-state index contributed by atoms with van der Waals surface area (Å²) in [5.41, 5.74) is 5.88. The molecule has 5 aromatic rings. The summed E-state index contributed by atoms with van der Waals surface area (Å²) in [5.74, 6) is 0.0385. The van der Waals surface area contributed by atoms with Gasteiger partial charge in [-0.15, -0.1) is 0 Å². The van der Waals surface area contributed by atoms with E-state index in [1.807, 2.05) is 31.4 Å². The Hall–Kier alpha value is -3.71. The summed E-state index contributed by atoms with van der Waals surface area (Å²) in [4.78, 5) is 9.36. The molecule has 0 aliphatic heterocycles. The van der Waals surface area contributed by atoms with Crippen LogP contribution < -0.4 is 5.32 Å². The SMILES string of the molecule is CCS(=O)(=O)c1ccccc1Nc1cc(-c2ccc3ccn(C)c3c2)c2nccnc2c1. The summed E-state index contributed by atoms with van der Waals surface area (Å²) < 4.78 is 27.2. The number of hydrogen-bond donors (Lipinski definition) is 1. The molecule has 0 aliphatic rings. The zero-order chi connectivity index (χ0) is 22.3. The lowest BCUT2D eigenvalue weighted by Gasteiger charge is -2.14. The van der Waals surface area contributed by atoms with Crippen LogP contribution in [0.25, 0.3) is 33.1 Å². The lowest BCUT2D eigenvalue weighted by Crippen LogP contribution is -2.07. The molecule has 2 heterocycles. The van der Waals surface area contributed by atoms with E-state index in [4.69, 9.17) is 0 Å². The van der Waals surface area contributed by atoms with Crippen LogP contribution in [0.4, 0.5) is 11.4 Å². The van der Waals surface area contributed by atoms with Gasteiger partial charge in [0.05, 0.1) is 27.4 Å². The van der Waals surface area contributed by atoms with Crippen molar-refractivity contribution in [2.24, 2.45) is 7.05 Å². The second kappa shape index (κ2) is 7.76. The maximum absolute atomic E-state index is 12.6. The number of rotatable bonds is 5. The Morgan fingerprint density at radius 2 is 1.78 bits per heavy atom. The number of aromatic nitrogens is 3. The fraction of sp³-hybridized carbons (Fsp3) is 0.120. The Bertz CT molecular complexity index is 1570. The molecular formula is C25H22N4O2S. The van der Waals surface area contributed by atoms with E-state index < -0.39 is 9.84 Å². The van der Waals surface area contributed by atoms with Crippen LogP contribution in [0, 0.1) is 0 Å². The van der Waals surface area contributed by atoms with Crippen LogP contribution in [0.3, 0.4) is 0 Å². The maximum Gasteiger partial charge on any atom is 0.180 e. The number of benzene rings is 3. The monoisotopic (exact) mass is 442 g/mol. The van der Waals surface area contributed by atoms with E-state index in [0.717, 1.165) is 33.4 Å². The molecule has 160 valence electrons. The summed E-state index contributed by atoms with van der Waals surface area (Å²) in [6.45, 7) is 1.65. The fourth-order valence-corrected chi connectivity index (χ4v) is 5.00. The number of nitrogens with zero attached hydrogens (tertiary/aromatic N) is 3. The van der Waals surface area contributed by atoms with E-state index in [2.05, 4.69) is 44.1 Å². The first-order valence-electron chi connectivity index (χ1n) is 10.4. The van der Waals surface area contributed by atoms with E-state index in [1.165, 1.54) is 5.39 Å². The molecule has 6 nitrogen and oxygen atoms in total. The van der Waals surface area contributed by atoms with Gasteiger partial charge >= 0.3 is 0 Å². The zero-order valence-corrected chi connectivity index (χ0v) is 18.6. The maximum atomic E-state index is 12.6. The molecule has 0 amide bonds. The van der Waals surface area contributed by atoms with E-state index in [1.54, 1.807) is 37.5 Å². The molecule has 0 atom stereocenters. The number of para-hydroxylation sites is 1. The number of nitrogens with one attached hydrogen (secondary N) is 1. The highest BCUT2D eigenvalue weighted by atomic mass is 32.2. The van der Waals surface area contributed by atoms with Gasteiger partial charge in [0.2, 0.25) is 0 Å². The Morgan fingerprint density at radius 1 is 0.969 bits per heavy atom. The van der Waals surface area contributed by atoms with Crippen molar-refractivity contribution in [2.45, 2.75) is 11.8 Å². The molecule has 0 bridgehead atoms. The molecule has 32 heavy (non-hydrogen) atoms. The van der Waals surface area contributed by atoms with Crippen LogP contribution in [0.5, 0.6) is 0 Å². The van der Waals surface area contributed by atoms with Crippen molar-refractivity contribution < 1.29 is 8.42 Å². The molecule has 2 aromatic heterocycles. The first kappa shape index (κ1) is 20.2. The number of sulfone groups is 1. The average Bonchev–Trinajstić information content (AvgIpc) is 3.19. The molecule has 5 rings (SSSR count). The van der Waals surface area contributed by atoms with Gasteiger partial charge in [0.25, 0.3) is 0 Å². The van der Waals surface area contributed by atoms with Crippen molar-refractivity contribution in [1.82, 2.24) is 14.5 Å². The van der Waals surface area contributed by atoms with Crippen LogP contribution in [0.2, 0.25) is 0 Å². The molecule has 7 heteroatoms. The second-order valence-corrected chi connectivity index (χ2v) is 9.92. The van der Waals surface area contributed by atoms with Crippen molar-refractivity contribution in [3.8, 4) is 11.1 Å². The third-order valence-electron chi connectivity index (χ3n) is 5.65. The summed E-state index contributed by atoms with van der Waals surface area (Å²) in [6.07, 6.45) is 5.38. The van der Waals surface area contributed by atoms with E-state index in [9.17, 15) is 8.42 Å². The highest BCUT2D eigenvalue weighted by Crippen LogP contribution is 2.34. The van der Waals surface area contributed by atoms with Crippen LogP contribution in [-0.2, 0) is 16.9 Å². The van der Waals surface area contributed by atoms with Gasteiger partial charge in [-0.3, -0.25) is 9.97 Å². The third-order valence-corrected chi connectivity index (χ3v) is 7.44. The lowest BCUT2D eigenvalue weighted by atomic mass is 10.0. The molecule has 0 unspecified atom stereocenters. The van der Waals surface area contributed by atoms with E-state index in [-0.39, 0.29) is 10.6 Å². The normalized spacial score (nSPS) is 11.8. The lowest BCUT2D eigenvalue weighted by molar-refractivity contribution is 0.597. The molecule has 3 aromatic carbocycles. The molecule has 0 radical (unpaired) electrons. The predicted octanol–water partition coefficient (Wildman–Crippen LogP) is 5.33. The Kier molecular flexibility index (Phi) is 4.90. The van der Waals surface area contributed by atoms with E-state index in [0.29, 0.717) is 5.69 Å². The summed E-state index contributed by atoms with van der Waals surface area (Å²) >= 11 is 0. The summed E-state index contributed by atoms with van der Waals surface area (Å²) in [7, 11) is -1.35. The Balaban J connectivity index is 1.68.